The van der Waals surface area contributed by atoms with E-state index < -0.39 is 6.04 Å². The number of amides is 3. The van der Waals surface area contributed by atoms with Crippen LogP contribution in [0, 0.1) is 5.92 Å². The first-order chi connectivity index (χ1) is 12.9. The van der Waals surface area contributed by atoms with E-state index in [4.69, 9.17) is 4.74 Å². The minimum absolute atomic E-state index is 0.0203. The zero-order valence-corrected chi connectivity index (χ0v) is 16.4. The summed E-state index contributed by atoms with van der Waals surface area (Å²) < 4.78 is 5.31. The molecule has 144 valence electrons. The average molecular weight is 369 g/mol. The molecule has 2 atom stereocenters. The highest BCUT2D eigenvalue weighted by atomic mass is 16.5. The van der Waals surface area contributed by atoms with Crippen LogP contribution in [0.15, 0.2) is 48.2 Å². The number of hydrogen-bond donors (Lipinski definition) is 1. The first-order valence-corrected chi connectivity index (χ1v) is 9.25. The molecule has 6 nitrogen and oxygen atoms in total. The van der Waals surface area contributed by atoms with Gasteiger partial charge in [0.1, 0.15) is 5.75 Å². The number of ether oxygens (including phenoxy) is 1. The van der Waals surface area contributed by atoms with Gasteiger partial charge in [-0.25, -0.2) is 4.79 Å². The van der Waals surface area contributed by atoms with E-state index in [1.54, 1.807) is 18.1 Å². The van der Waals surface area contributed by atoms with Gasteiger partial charge >= 0.3 is 6.03 Å². The van der Waals surface area contributed by atoms with Gasteiger partial charge in [0, 0.05) is 12.6 Å². The number of nitrogens with zero attached hydrogens (tertiary/aromatic N) is 2. The summed E-state index contributed by atoms with van der Waals surface area (Å²) in [5.41, 5.74) is 2.24. The second-order valence-corrected chi connectivity index (χ2v) is 7.34. The van der Waals surface area contributed by atoms with Crippen molar-refractivity contribution in [3.8, 4) is 5.75 Å². The monoisotopic (exact) mass is 369 g/mol. The Balaban J connectivity index is 2.06. The number of rotatable bonds is 6. The minimum atomic E-state index is -0.486. The molecule has 1 N–H and O–H groups in total. The van der Waals surface area contributed by atoms with Crippen molar-refractivity contribution in [2.24, 2.45) is 5.92 Å². The molecule has 0 fully saturated rings. The van der Waals surface area contributed by atoms with Gasteiger partial charge in [-0.2, -0.15) is 0 Å². The minimum Gasteiger partial charge on any atom is -0.497 e. The van der Waals surface area contributed by atoms with Crippen molar-refractivity contribution in [2.45, 2.75) is 32.9 Å². The molecule has 1 aromatic rings. The molecule has 0 bridgehead atoms. The second-order valence-electron chi connectivity index (χ2n) is 7.34. The maximum atomic E-state index is 13.3. The van der Waals surface area contributed by atoms with Crippen LogP contribution in [0.1, 0.15) is 32.4 Å². The Labute approximate surface area is 160 Å². The number of carbonyl (C=O) groups is 2. The van der Waals surface area contributed by atoms with Gasteiger partial charge in [0.05, 0.1) is 31.0 Å². The molecule has 27 heavy (non-hydrogen) atoms. The van der Waals surface area contributed by atoms with E-state index in [9.17, 15) is 9.59 Å². The molecule has 0 aromatic heterocycles. The van der Waals surface area contributed by atoms with Gasteiger partial charge in [-0.1, -0.05) is 32.1 Å². The van der Waals surface area contributed by atoms with Gasteiger partial charge in [0.15, 0.2) is 0 Å². The van der Waals surface area contributed by atoms with Crippen LogP contribution in [0.25, 0.3) is 0 Å². The Kier molecular flexibility index (Phi) is 5.26. The first-order valence-electron chi connectivity index (χ1n) is 9.25. The molecular formula is C21H27N3O3. The molecule has 0 radical (unpaired) electrons. The summed E-state index contributed by atoms with van der Waals surface area (Å²) >= 11 is 0. The first kappa shape index (κ1) is 19.0. The second kappa shape index (κ2) is 7.47. The molecule has 0 aliphatic carbocycles. The quantitative estimate of drug-likeness (QED) is 0.784. The van der Waals surface area contributed by atoms with Gasteiger partial charge in [-0.3, -0.25) is 9.69 Å². The van der Waals surface area contributed by atoms with Gasteiger partial charge in [0.25, 0.3) is 5.91 Å². The molecular weight excluding hydrogens is 342 g/mol. The normalized spacial score (nSPS) is 20.7. The Morgan fingerprint density at radius 1 is 1.33 bits per heavy atom. The molecule has 1 aromatic carbocycles. The lowest BCUT2D eigenvalue weighted by Gasteiger charge is -2.33. The highest BCUT2D eigenvalue weighted by Crippen LogP contribution is 2.38. The number of urea groups is 1. The molecule has 0 saturated carbocycles. The lowest BCUT2D eigenvalue weighted by atomic mass is 9.95. The molecule has 6 heteroatoms. The van der Waals surface area contributed by atoms with E-state index in [1.807, 2.05) is 29.2 Å². The van der Waals surface area contributed by atoms with Crippen LogP contribution in [0.3, 0.4) is 0 Å². The predicted octanol–water partition coefficient (Wildman–Crippen LogP) is 3.09. The van der Waals surface area contributed by atoms with Crippen LogP contribution in [-0.4, -0.2) is 48.0 Å². The molecule has 0 unspecified atom stereocenters. The Hall–Kier alpha value is -2.76. The van der Waals surface area contributed by atoms with E-state index in [0.29, 0.717) is 30.3 Å². The van der Waals surface area contributed by atoms with Crippen LogP contribution >= 0.6 is 0 Å². The van der Waals surface area contributed by atoms with Gasteiger partial charge in [-0.05, 0) is 30.5 Å². The highest BCUT2D eigenvalue weighted by molar-refractivity contribution is 6.01. The predicted molar refractivity (Wildman–Crippen MR) is 104 cm³/mol. The molecule has 2 aliphatic heterocycles. The van der Waals surface area contributed by atoms with Crippen LogP contribution in [-0.2, 0) is 4.79 Å². The average Bonchev–Trinajstić information content (AvgIpc) is 3.00. The van der Waals surface area contributed by atoms with Crippen LogP contribution in [0.4, 0.5) is 4.79 Å². The van der Waals surface area contributed by atoms with E-state index in [-0.39, 0.29) is 18.0 Å². The highest BCUT2D eigenvalue weighted by Gasteiger charge is 2.45. The molecule has 0 saturated heterocycles. The Bertz CT molecular complexity index is 800. The third kappa shape index (κ3) is 3.31. The third-order valence-corrected chi connectivity index (χ3v) is 5.44. The summed E-state index contributed by atoms with van der Waals surface area (Å²) in [5.74, 6) is 0.991. The summed E-state index contributed by atoms with van der Waals surface area (Å²) in [6.45, 7) is 10.8. The van der Waals surface area contributed by atoms with E-state index in [1.165, 1.54) is 0 Å². The topological polar surface area (TPSA) is 61.9 Å². The SMILES string of the molecule is C=CCN1C(=O)N[C@H](c2cccc(OC)c2)C2=C1CN([C@H](C)C(C)C)C2=O. The van der Waals surface area contributed by atoms with Crippen molar-refractivity contribution >= 4 is 11.9 Å². The summed E-state index contributed by atoms with van der Waals surface area (Å²) in [4.78, 5) is 29.5. The van der Waals surface area contributed by atoms with Crippen LogP contribution < -0.4 is 10.1 Å². The molecule has 2 heterocycles. The van der Waals surface area contributed by atoms with Crippen molar-refractivity contribution in [3.63, 3.8) is 0 Å². The lowest BCUT2D eigenvalue weighted by Crippen LogP contribution is -2.47. The van der Waals surface area contributed by atoms with Crippen molar-refractivity contribution in [3.05, 3.63) is 53.8 Å². The molecule has 2 aliphatic rings. The number of benzene rings is 1. The zero-order chi connectivity index (χ0) is 19.7. The fourth-order valence-corrected chi connectivity index (χ4v) is 3.60. The maximum Gasteiger partial charge on any atom is 0.322 e. The summed E-state index contributed by atoms with van der Waals surface area (Å²) in [7, 11) is 1.60. The number of carbonyl (C=O) groups excluding carboxylic acids is 2. The third-order valence-electron chi connectivity index (χ3n) is 5.44. The van der Waals surface area contributed by atoms with E-state index >= 15 is 0 Å². The number of nitrogens with one attached hydrogen (secondary N) is 1. The summed E-state index contributed by atoms with van der Waals surface area (Å²) in [6.07, 6.45) is 1.68. The van der Waals surface area contributed by atoms with Gasteiger partial charge in [-0.15, -0.1) is 6.58 Å². The van der Waals surface area contributed by atoms with Crippen LogP contribution in [0.2, 0.25) is 0 Å². The maximum absolute atomic E-state index is 13.3. The Morgan fingerprint density at radius 2 is 2.07 bits per heavy atom. The smallest absolute Gasteiger partial charge is 0.322 e. The zero-order valence-electron chi connectivity index (χ0n) is 16.4. The standard InChI is InChI=1S/C21H27N3O3/c1-6-10-23-17-12-24(14(4)13(2)3)20(25)18(17)19(22-21(23)26)15-8-7-9-16(11-15)27-5/h6-9,11,13-14,19H,1,10,12H2,2-5H3,(H,22,26)/t14-,19-/m1/s1. The summed E-state index contributed by atoms with van der Waals surface area (Å²) in [6, 6.07) is 6.86. The van der Waals surface area contributed by atoms with Crippen molar-refractivity contribution < 1.29 is 14.3 Å². The van der Waals surface area contributed by atoms with Gasteiger partial charge < -0.3 is 15.0 Å². The van der Waals surface area contributed by atoms with E-state index in [2.05, 4.69) is 32.7 Å². The van der Waals surface area contributed by atoms with Crippen molar-refractivity contribution in [1.29, 1.82) is 0 Å². The molecule has 0 spiro atoms. The molecule has 3 rings (SSSR count). The number of methoxy groups -OCH3 is 1. The lowest BCUT2D eigenvalue weighted by molar-refractivity contribution is -0.128. The summed E-state index contributed by atoms with van der Waals surface area (Å²) in [5, 5.41) is 2.99. The fourth-order valence-electron chi connectivity index (χ4n) is 3.60. The van der Waals surface area contributed by atoms with Crippen LogP contribution in [0.5, 0.6) is 5.75 Å². The number of hydrogen-bond acceptors (Lipinski definition) is 3. The van der Waals surface area contributed by atoms with Crippen molar-refractivity contribution in [1.82, 2.24) is 15.1 Å². The fraction of sp³-hybridized carbons (Fsp3) is 0.429. The van der Waals surface area contributed by atoms with Gasteiger partial charge in [0.2, 0.25) is 0 Å². The molecule has 3 amide bonds. The Morgan fingerprint density at radius 3 is 2.70 bits per heavy atom. The van der Waals surface area contributed by atoms with E-state index in [0.717, 1.165) is 11.3 Å². The largest absolute Gasteiger partial charge is 0.497 e. The van der Waals surface area contributed by atoms with Crippen molar-refractivity contribution in [2.75, 3.05) is 20.2 Å².